The van der Waals surface area contributed by atoms with Gasteiger partial charge in [-0.25, -0.2) is 33.2 Å². The summed E-state index contributed by atoms with van der Waals surface area (Å²) in [5.74, 6) is -1.69. The van der Waals surface area contributed by atoms with Crippen molar-refractivity contribution in [2.24, 2.45) is 0 Å². The van der Waals surface area contributed by atoms with Crippen molar-refractivity contribution in [1.82, 2.24) is 59.6 Å². The number of nitrogens with zero attached hydrogens (tertiary/aromatic N) is 10. The van der Waals surface area contributed by atoms with Gasteiger partial charge in [0.25, 0.3) is 0 Å². The number of hydrogen-bond donors (Lipinski definition) is 3. The molecule has 3 N–H and O–H groups in total. The summed E-state index contributed by atoms with van der Waals surface area (Å²) < 4.78 is 30.1. The third-order valence-corrected chi connectivity index (χ3v) is 8.73. The number of aromatic nitrogens is 12. The van der Waals surface area contributed by atoms with E-state index >= 15 is 0 Å². The fourth-order valence-corrected chi connectivity index (χ4v) is 6.04. The van der Waals surface area contributed by atoms with Crippen LogP contribution in [0.15, 0.2) is 116 Å². The van der Waals surface area contributed by atoms with Gasteiger partial charge in [0.2, 0.25) is 5.95 Å². The molecule has 0 aliphatic carbocycles. The van der Waals surface area contributed by atoms with Gasteiger partial charge in [-0.3, -0.25) is 19.9 Å². The van der Waals surface area contributed by atoms with Crippen LogP contribution in [-0.2, 0) is 0 Å². The number of rotatable bonds is 7. The smallest absolute Gasteiger partial charge is 0.338 e. The molecule has 0 saturated heterocycles. The average Bonchev–Trinajstić information content (AvgIpc) is 3.97. The van der Waals surface area contributed by atoms with Crippen LogP contribution in [0.5, 0.6) is 0 Å². The minimum atomic E-state index is -1.09. The Morgan fingerprint density at radius 2 is 1.24 bits per heavy atom. The van der Waals surface area contributed by atoms with E-state index < -0.39 is 17.6 Å². The molecule has 9 heterocycles. The number of carboxylic acid groups (broad SMARTS) is 1. The highest BCUT2D eigenvalue weighted by Gasteiger charge is 2.19. The maximum absolute atomic E-state index is 14.5. The second-order valence-electron chi connectivity index (χ2n) is 11.5. The van der Waals surface area contributed by atoms with E-state index in [1.165, 1.54) is 41.2 Å². The number of aromatic amines is 2. The van der Waals surface area contributed by atoms with Crippen molar-refractivity contribution in [2.45, 2.75) is 5.16 Å². The lowest BCUT2D eigenvalue weighted by Crippen LogP contribution is -1.97. The number of hydrogen-bond acceptors (Lipinski definition) is 11. The second kappa shape index (κ2) is 14.4. The van der Waals surface area contributed by atoms with Crippen molar-refractivity contribution in [3.05, 3.63) is 128 Å². The van der Waals surface area contributed by atoms with Crippen molar-refractivity contribution < 1.29 is 18.7 Å². The van der Waals surface area contributed by atoms with Crippen molar-refractivity contribution in [1.29, 1.82) is 0 Å². The Balaban J connectivity index is 0.000000157. The topological polar surface area (TPSA) is 190 Å². The first-order valence-electron chi connectivity index (χ1n) is 16.0. The number of H-pyrrole nitrogens is 2. The minimum absolute atomic E-state index is 0.0269. The normalized spacial score (nSPS) is 11.1. The first-order chi connectivity index (χ1) is 26.4. The number of thioether (sulfide) groups is 1. The largest absolute Gasteiger partial charge is 0.478 e. The summed E-state index contributed by atoms with van der Waals surface area (Å²) in [6.45, 7) is 0. The summed E-state index contributed by atoms with van der Waals surface area (Å²) >= 11 is 1.50. The van der Waals surface area contributed by atoms with Crippen LogP contribution in [0.2, 0.25) is 0 Å². The van der Waals surface area contributed by atoms with E-state index in [1.54, 1.807) is 55.2 Å². The molecule has 14 nitrogen and oxygen atoms in total. The molecule has 9 aromatic heterocycles. The number of imidazole rings is 2. The summed E-state index contributed by atoms with van der Waals surface area (Å²) in [7, 11) is 0. The standard InChI is InChI=1S/C20H12FN7O2.C17H12FN5S/c21-15-9-23-5-3-13(15)14-6-16-18(26-17(14)11-2-1-4-22-7-11)27-20(25-16)28-10-12(8-24-28)19(29)30;1-24-17-21-14-7-12(11-4-6-20-9-13(11)18)15(22-16(14)23-17)10-3-2-5-19-8-10/h1-10H,(H,29,30)(H,25,26,27);2-9H,1H3,(H,21,22,23). The van der Waals surface area contributed by atoms with Gasteiger partial charge in [-0.05, 0) is 54.8 Å². The molecule has 17 heteroatoms. The van der Waals surface area contributed by atoms with Gasteiger partial charge >= 0.3 is 5.97 Å². The quantitative estimate of drug-likeness (QED) is 0.142. The van der Waals surface area contributed by atoms with Crippen LogP contribution in [0.25, 0.3) is 73.0 Å². The van der Waals surface area contributed by atoms with E-state index in [0.717, 1.165) is 22.4 Å². The Bertz CT molecular complexity index is 2790. The van der Waals surface area contributed by atoms with Crippen molar-refractivity contribution in [3.63, 3.8) is 0 Å². The molecule has 0 radical (unpaired) electrons. The zero-order valence-corrected chi connectivity index (χ0v) is 28.7. The molecule has 0 fully saturated rings. The van der Waals surface area contributed by atoms with E-state index in [9.17, 15) is 13.6 Å². The Morgan fingerprint density at radius 1 is 0.685 bits per heavy atom. The predicted octanol–water partition coefficient (Wildman–Crippen LogP) is 7.05. The van der Waals surface area contributed by atoms with Crippen LogP contribution in [-0.4, -0.2) is 77.0 Å². The number of carbonyl (C=O) groups is 1. The minimum Gasteiger partial charge on any atom is -0.478 e. The summed E-state index contributed by atoms with van der Waals surface area (Å²) in [4.78, 5) is 51.4. The number of nitrogens with one attached hydrogen (secondary N) is 2. The van der Waals surface area contributed by atoms with Crippen molar-refractivity contribution in [3.8, 4) is 50.7 Å². The molecule has 0 aliphatic rings. The highest BCUT2D eigenvalue weighted by molar-refractivity contribution is 7.98. The fourth-order valence-electron chi connectivity index (χ4n) is 5.65. The molecule has 264 valence electrons. The van der Waals surface area contributed by atoms with Crippen LogP contribution in [0, 0.1) is 11.6 Å². The van der Waals surface area contributed by atoms with Gasteiger partial charge < -0.3 is 15.1 Å². The Hall–Kier alpha value is -7.27. The van der Waals surface area contributed by atoms with Crippen molar-refractivity contribution >= 4 is 40.1 Å². The molecule has 0 aliphatic heterocycles. The van der Waals surface area contributed by atoms with Gasteiger partial charge in [0, 0.05) is 76.8 Å². The summed E-state index contributed by atoms with van der Waals surface area (Å²) in [6.07, 6.45) is 16.6. The highest BCUT2D eigenvalue weighted by Crippen LogP contribution is 2.35. The highest BCUT2D eigenvalue weighted by atomic mass is 32.2. The predicted molar refractivity (Wildman–Crippen MR) is 196 cm³/mol. The van der Waals surface area contributed by atoms with Crippen LogP contribution in [0.4, 0.5) is 8.78 Å². The van der Waals surface area contributed by atoms with E-state index in [-0.39, 0.29) is 11.5 Å². The van der Waals surface area contributed by atoms with Crippen LogP contribution in [0.1, 0.15) is 10.4 Å². The number of fused-ring (bicyclic) bond motifs is 2. The number of aromatic carboxylic acids is 1. The van der Waals surface area contributed by atoms with Crippen LogP contribution < -0.4 is 0 Å². The Kier molecular flexibility index (Phi) is 9.02. The molecule has 0 bridgehead atoms. The van der Waals surface area contributed by atoms with E-state index in [2.05, 4.69) is 54.9 Å². The van der Waals surface area contributed by atoms with Crippen LogP contribution in [0.3, 0.4) is 0 Å². The molecule has 0 unspecified atom stereocenters. The molecular formula is C37H24F2N12O2S. The Morgan fingerprint density at radius 3 is 1.74 bits per heavy atom. The van der Waals surface area contributed by atoms with Crippen molar-refractivity contribution in [2.75, 3.05) is 6.26 Å². The molecule has 0 aromatic carbocycles. The van der Waals surface area contributed by atoms with E-state index in [1.807, 2.05) is 30.5 Å². The SMILES string of the molecule is CSc1nc2nc(-c3cccnc3)c(-c3ccncc3F)cc2[nH]1.O=C(O)c1cnn(-c2nc3nc(-c4cccnc4)c(-c4ccncc4F)cc3[nH]2)c1. The van der Waals surface area contributed by atoms with Crippen LogP contribution >= 0.6 is 11.8 Å². The first-order valence-corrected chi connectivity index (χ1v) is 17.2. The van der Waals surface area contributed by atoms with Gasteiger partial charge in [-0.2, -0.15) is 10.1 Å². The summed E-state index contributed by atoms with van der Waals surface area (Å²) in [5, 5.41) is 13.9. The molecule has 0 saturated carbocycles. The van der Waals surface area contributed by atoms with Gasteiger partial charge in [-0.15, -0.1) is 0 Å². The lowest BCUT2D eigenvalue weighted by molar-refractivity contribution is 0.0697. The zero-order chi connectivity index (χ0) is 37.2. The number of carboxylic acids is 1. The first kappa shape index (κ1) is 33.9. The maximum atomic E-state index is 14.5. The van der Waals surface area contributed by atoms with E-state index in [4.69, 9.17) is 5.11 Å². The molecule has 54 heavy (non-hydrogen) atoms. The zero-order valence-electron chi connectivity index (χ0n) is 27.9. The maximum Gasteiger partial charge on any atom is 0.338 e. The molecule has 9 aromatic rings. The van der Waals surface area contributed by atoms with Gasteiger partial charge in [0.1, 0.15) is 11.6 Å². The molecular weight excluding hydrogens is 715 g/mol. The number of pyridine rings is 6. The average molecular weight is 739 g/mol. The van der Waals surface area contributed by atoms with Gasteiger partial charge in [-0.1, -0.05) is 11.8 Å². The lowest BCUT2D eigenvalue weighted by atomic mass is 10.0. The number of halogens is 2. The Labute approximate surface area is 307 Å². The third-order valence-electron chi connectivity index (χ3n) is 8.15. The monoisotopic (exact) mass is 738 g/mol. The second-order valence-corrected chi connectivity index (χ2v) is 12.3. The van der Waals surface area contributed by atoms with E-state index in [0.29, 0.717) is 56.0 Å². The molecule has 0 spiro atoms. The molecule has 0 atom stereocenters. The van der Waals surface area contributed by atoms with Gasteiger partial charge in [0.05, 0.1) is 46.6 Å². The fraction of sp³-hybridized carbons (Fsp3) is 0.0270. The summed E-state index contributed by atoms with van der Waals surface area (Å²) in [5.41, 5.74) is 6.93. The molecule has 9 rings (SSSR count). The molecule has 0 amide bonds. The lowest BCUT2D eigenvalue weighted by Gasteiger charge is -2.09. The van der Waals surface area contributed by atoms with Gasteiger partial charge in [0.15, 0.2) is 16.5 Å². The third kappa shape index (κ3) is 6.61. The summed E-state index contributed by atoms with van der Waals surface area (Å²) in [6, 6.07) is 14.1.